The number of aryl methyl sites for hydroxylation is 1. The van der Waals surface area contributed by atoms with E-state index in [1.54, 1.807) is 43.4 Å². The zero-order valence-corrected chi connectivity index (χ0v) is 18.4. The molecule has 0 spiro atoms. The summed E-state index contributed by atoms with van der Waals surface area (Å²) in [4.78, 5) is -0.273. The van der Waals surface area contributed by atoms with Crippen molar-refractivity contribution in [3.63, 3.8) is 0 Å². The predicted molar refractivity (Wildman–Crippen MR) is 120 cm³/mol. The average Bonchev–Trinajstić information content (AvgIpc) is 2.75. The minimum Gasteiger partial charge on any atom is -0.505 e. The molecule has 0 fully saturated rings. The van der Waals surface area contributed by atoms with Gasteiger partial charge in [-0.15, -0.1) is 5.11 Å². The second kappa shape index (κ2) is 9.19. The molecule has 0 unspecified atom stereocenters. The van der Waals surface area contributed by atoms with E-state index in [0.29, 0.717) is 28.7 Å². The molecule has 0 aromatic heterocycles. The van der Waals surface area contributed by atoms with Crippen molar-refractivity contribution in [3.05, 3.63) is 48.0 Å². The molecule has 0 aliphatic heterocycles. The number of azo groups is 2. The molecule has 0 atom stereocenters. The Labute approximate surface area is 180 Å². The number of aromatic hydroxyl groups is 1. The zero-order chi connectivity index (χ0) is 22.6. The summed E-state index contributed by atoms with van der Waals surface area (Å²) in [5.74, 6) is -0.298. The van der Waals surface area contributed by atoms with Crippen LogP contribution < -0.4 is 5.32 Å². The average molecular weight is 442 g/mol. The maximum Gasteiger partial charge on any atom is 0.299 e. The molecule has 0 saturated heterocycles. The van der Waals surface area contributed by atoms with Gasteiger partial charge in [0, 0.05) is 24.7 Å². The summed E-state index contributed by atoms with van der Waals surface area (Å²) >= 11 is 0. The van der Waals surface area contributed by atoms with Gasteiger partial charge >= 0.3 is 0 Å². The van der Waals surface area contributed by atoms with Crippen molar-refractivity contribution in [2.45, 2.75) is 18.7 Å². The second-order valence-electron chi connectivity index (χ2n) is 6.63. The molecule has 31 heavy (non-hydrogen) atoms. The van der Waals surface area contributed by atoms with Crippen LogP contribution in [-0.2, 0) is 14.3 Å². The van der Waals surface area contributed by atoms with Crippen molar-refractivity contribution in [1.82, 2.24) is 0 Å². The number of anilines is 1. The molecule has 2 N–H and O–H groups in total. The maximum atomic E-state index is 12.5. The molecule has 0 radical (unpaired) electrons. The topological polar surface area (TPSA) is 125 Å². The first-order chi connectivity index (χ1) is 14.8. The van der Waals surface area contributed by atoms with E-state index >= 15 is 0 Å². The van der Waals surface area contributed by atoms with Gasteiger partial charge in [0.15, 0.2) is 5.75 Å². The first-order valence-corrected chi connectivity index (χ1v) is 10.9. The summed E-state index contributed by atoms with van der Waals surface area (Å²) in [6, 6.07) is 11.8. The number of fused-ring (bicyclic) bond motifs is 1. The van der Waals surface area contributed by atoms with Gasteiger partial charge in [0.1, 0.15) is 10.6 Å². The van der Waals surface area contributed by atoms with E-state index in [0.717, 1.165) is 18.4 Å². The van der Waals surface area contributed by atoms with E-state index in [-0.39, 0.29) is 16.3 Å². The third-order valence-electron chi connectivity index (χ3n) is 4.57. The van der Waals surface area contributed by atoms with Crippen LogP contribution in [0.15, 0.2) is 67.8 Å². The van der Waals surface area contributed by atoms with Gasteiger partial charge in [-0.3, -0.25) is 4.18 Å². The maximum absolute atomic E-state index is 12.5. The van der Waals surface area contributed by atoms with Crippen LogP contribution in [0.2, 0.25) is 0 Å². The third kappa shape index (κ3) is 4.70. The quantitative estimate of drug-likeness (QED) is 0.357. The van der Waals surface area contributed by atoms with Gasteiger partial charge in [0.2, 0.25) is 0 Å². The number of rotatable bonds is 7. The Morgan fingerprint density at radius 2 is 1.84 bits per heavy atom. The van der Waals surface area contributed by atoms with Crippen molar-refractivity contribution in [3.8, 4) is 5.75 Å². The van der Waals surface area contributed by atoms with E-state index in [4.69, 9.17) is 0 Å². The molecule has 3 aromatic rings. The van der Waals surface area contributed by atoms with Gasteiger partial charge in [-0.05, 0) is 67.3 Å². The number of hydrogen-bond donors (Lipinski definition) is 2. The number of phenolic OH excluding ortho intramolecular Hbond substituents is 1. The number of phenols is 1. The van der Waals surface area contributed by atoms with Crippen LogP contribution in [0.3, 0.4) is 0 Å². The first-order valence-electron chi connectivity index (χ1n) is 9.47. The lowest BCUT2D eigenvalue weighted by Crippen LogP contribution is -2.03. The lowest BCUT2D eigenvalue weighted by atomic mass is 10.1. The molecule has 0 heterocycles. The van der Waals surface area contributed by atoms with Crippen molar-refractivity contribution in [2.24, 2.45) is 20.5 Å². The van der Waals surface area contributed by atoms with Crippen molar-refractivity contribution in [1.29, 1.82) is 0 Å². The fraction of sp³-hybridized carbons (Fsp3) is 0.238. The number of nitrogens with one attached hydrogen (secondary N) is 1. The molecule has 3 rings (SSSR count). The molecular formula is C21H23N5O4S. The van der Waals surface area contributed by atoms with Crippen LogP contribution in [0.25, 0.3) is 10.8 Å². The molecule has 0 saturated carbocycles. The van der Waals surface area contributed by atoms with Gasteiger partial charge in [-0.1, -0.05) is 0 Å². The Balaban J connectivity index is 2.17. The lowest BCUT2D eigenvalue weighted by molar-refractivity contribution is 0.397. The minimum atomic E-state index is -4.16. The molecule has 9 nitrogen and oxygen atoms in total. The molecule has 10 heteroatoms. The van der Waals surface area contributed by atoms with Crippen LogP contribution in [0.4, 0.5) is 22.7 Å². The molecule has 0 aliphatic rings. The van der Waals surface area contributed by atoms with Crippen LogP contribution in [0.1, 0.15) is 12.5 Å². The zero-order valence-electron chi connectivity index (χ0n) is 17.6. The highest BCUT2D eigenvalue weighted by Crippen LogP contribution is 2.42. The Kier molecular flexibility index (Phi) is 6.62. The van der Waals surface area contributed by atoms with Gasteiger partial charge in [0.25, 0.3) is 10.1 Å². The molecule has 0 bridgehead atoms. The van der Waals surface area contributed by atoms with E-state index in [1.807, 2.05) is 13.8 Å². The highest BCUT2D eigenvalue weighted by atomic mass is 32.2. The van der Waals surface area contributed by atoms with E-state index in [1.165, 1.54) is 6.07 Å². The van der Waals surface area contributed by atoms with Crippen LogP contribution in [-0.4, -0.2) is 34.2 Å². The molecule has 3 aromatic carbocycles. The van der Waals surface area contributed by atoms with Crippen LogP contribution in [0.5, 0.6) is 5.75 Å². The lowest BCUT2D eigenvalue weighted by Gasteiger charge is -2.12. The second-order valence-corrected chi connectivity index (χ2v) is 8.31. The van der Waals surface area contributed by atoms with Crippen molar-refractivity contribution < 1.29 is 17.7 Å². The van der Waals surface area contributed by atoms with Crippen molar-refractivity contribution >= 4 is 43.6 Å². The van der Waals surface area contributed by atoms with E-state index < -0.39 is 10.1 Å². The number of hydrogen-bond acceptors (Lipinski definition) is 9. The third-order valence-corrected chi connectivity index (χ3v) is 5.86. The fourth-order valence-electron chi connectivity index (χ4n) is 3.07. The molecule has 0 aliphatic carbocycles. The highest BCUT2D eigenvalue weighted by Gasteiger charge is 2.24. The fourth-order valence-corrected chi connectivity index (χ4v) is 3.90. The van der Waals surface area contributed by atoms with Gasteiger partial charge < -0.3 is 10.4 Å². The number of benzene rings is 3. The van der Waals surface area contributed by atoms with Gasteiger partial charge in [0.05, 0.1) is 18.5 Å². The Morgan fingerprint density at radius 1 is 1.06 bits per heavy atom. The monoisotopic (exact) mass is 441 g/mol. The molecule has 162 valence electrons. The Morgan fingerprint density at radius 3 is 2.48 bits per heavy atom. The van der Waals surface area contributed by atoms with Crippen LogP contribution in [0, 0.1) is 6.92 Å². The largest absolute Gasteiger partial charge is 0.505 e. The SMILES string of the molecule is CCNc1ccc2c(O)c(N=Nc3ccc(N=NC)c(C)c3)c(S(=O)(=O)OC)cc2c1. The summed E-state index contributed by atoms with van der Waals surface area (Å²) in [5, 5.41) is 30.9. The van der Waals surface area contributed by atoms with E-state index in [2.05, 4.69) is 30.0 Å². The standard InChI is InChI=1S/C21H23N5O4S/c1-5-23-15-6-8-17-14(11-15)12-19(31(28,29)30-4)20(21(17)27)26-24-16-7-9-18(25-22-3)13(2)10-16/h6-12,23,27H,5H2,1-4H3. The summed E-state index contributed by atoms with van der Waals surface area (Å²) in [7, 11) is -1.53. The summed E-state index contributed by atoms with van der Waals surface area (Å²) in [5.41, 5.74) is 2.58. The highest BCUT2D eigenvalue weighted by molar-refractivity contribution is 7.87. The normalized spacial score (nSPS) is 12.3. The summed E-state index contributed by atoms with van der Waals surface area (Å²) in [6.07, 6.45) is 0. The molecular weight excluding hydrogens is 418 g/mol. The van der Waals surface area contributed by atoms with Gasteiger partial charge in [-0.2, -0.15) is 23.8 Å². The number of nitrogens with zero attached hydrogens (tertiary/aromatic N) is 4. The Bertz CT molecular complexity index is 1290. The minimum absolute atomic E-state index is 0.194. The first kappa shape index (κ1) is 22.3. The van der Waals surface area contributed by atoms with Gasteiger partial charge in [-0.25, -0.2) is 0 Å². The smallest absolute Gasteiger partial charge is 0.299 e. The predicted octanol–water partition coefficient (Wildman–Crippen LogP) is 5.75. The van der Waals surface area contributed by atoms with E-state index in [9.17, 15) is 13.5 Å². The van der Waals surface area contributed by atoms with Crippen LogP contribution >= 0.6 is 0 Å². The summed E-state index contributed by atoms with van der Waals surface area (Å²) < 4.78 is 29.8. The van der Waals surface area contributed by atoms with Crippen molar-refractivity contribution in [2.75, 3.05) is 26.0 Å². The Hall–Kier alpha value is -3.37. The molecule has 0 amide bonds. The summed E-state index contributed by atoms with van der Waals surface area (Å²) in [6.45, 7) is 4.50.